The Morgan fingerprint density at radius 3 is 2.36 bits per heavy atom. The van der Waals surface area contributed by atoms with Crippen LogP contribution >= 0.6 is 0 Å². The fourth-order valence-corrected chi connectivity index (χ4v) is 3.38. The third-order valence-electron chi connectivity index (χ3n) is 4.87. The van der Waals surface area contributed by atoms with E-state index in [1.807, 2.05) is 0 Å². The molecule has 25 heavy (non-hydrogen) atoms. The minimum absolute atomic E-state index is 0.0934. The maximum absolute atomic E-state index is 12.3. The summed E-state index contributed by atoms with van der Waals surface area (Å²) in [5, 5.41) is 11.4. The Kier molecular flexibility index (Phi) is 9.99. The third kappa shape index (κ3) is 7.34. The summed E-state index contributed by atoms with van der Waals surface area (Å²) in [5.74, 6) is -2.12. The first-order chi connectivity index (χ1) is 12.0. The van der Waals surface area contributed by atoms with Gasteiger partial charge in [-0.25, -0.2) is 0 Å². The monoisotopic (exact) mass is 355 g/mol. The highest BCUT2D eigenvalue weighted by Crippen LogP contribution is 2.33. The van der Waals surface area contributed by atoms with Crippen molar-refractivity contribution in [2.75, 3.05) is 13.7 Å². The fourth-order valence-electron chi connectivity index (χ4n) is 3.38. The van der Waals surface area contributed by atoms with Gasteiger partial charge in [-0.05, 0) is 25.7 Å². The average molecular weight is 355 g/mol. The van der Waals surface area contributed by atoms with E-state index < -0.39 is 23.9 Å². The predicted molar refractivity (Wildman–Crippen MR) is 91.0 cm³/mol. The summed E-state index contributed by atoms with van der Waals surface area (Å²) in [6, 6.07) is 0. The standard InChI is InChI=1S/C18H29NO6/c1-25-16-10-13(9-14(11-20)15(16)12-21)18(24)19-8-6-4-2-3-5-7-17(22)23/h11-16H,2-10H2,1H3,(H,19,24)(H,22,23). The number of aliphatic carboxylic acids is 1. The zero-order valence-corrected chi connectivity index (χ0v) is 14.8. The molecule has 0 aromatic rings. The van der Waals surface area contributed by atoms with Crippen molar-refractivity contribution in [2.45, 2.75) is 57.5 Å². The summed E-state index contributed by atoms with van der Waals surface area (Å²) in [5.41, 5.74) is 0. The number of carbonyl (C=O) groups excluding carboxylic acids is 3. The molecule has 0 heterocycles. The van der Waals surface area contributed by atoms with Gasteiger partial charge < -0.3 is 24.7 Å². The van der Waals surface area contributed by atoms with Crippen LogP contribution in [-0.4, -0.2) is 49.3 Å². The van der Waals surface area contributed by atoms with Crippen LogP contribution in [0.3, 0.4) is 0 Å². The van der Waals surface area contributed by atoms with Crippen molar-refractivity contribution in [3.8, 4) is 0 Å². The molecule has 0 radical (unpaired) electrons. The van der Waals surface area contributed by atoms with Gasteiger partial charge in [-0.3, -0.25) is 9.59 Å². The first-order valence-electron chi connectivity index (χ1n) is 8.96. The van der Waals surface area contributed by atoms with Crippen LogP contribution in [0.1, 0.15) is 51.4 Å². The smallest absolute Gasteiger partial charge is 0.303 e. The molecular formula is C18H29NO6. The lowest BCUT2D eigenvalue weighted by Crippen LogP contribution is -2.44. The average Bonchev–Trinajstić information content (AvgIpc) is 2.61. The second-order valence-corrected chi connectivity index (χ2v) is 6.66. The van der Waals surface area contributed by atoms with Gasteiger partial charge in [0, 0.05) is 31.9 Å². The maximum Gasteiger partial charge on any atom is 0.303 e. The number of unbranched alkanes of at least 4 members (excludes halogenated alkanes) is 4. The molecular weight excluding hydrogens is 326 g/mol. The van der Waals surface area contributed by atoms with Gasteiger partial charge in [-0.1, -0.05) is 19.3 Å². The van der Waals surface area contributed by atoms with Crippen LogP contribution in [0.25, 0.3) is 0 Å². The number of carboxylic acids is 1. The van der Waals surface area contributed by atoms with E-state index in [2.05, 4.69) is 5.32 Å². The third-order valence-corrected chi connectivity index (χ3v) is 4.87. The number of methoxy groups -OCH3 is 1. The molecule has 1 aliphatic carbocycles. The Hall–Kier alpha value is -1.76. The van der Waals surface area contributed by atoms with Gasteiger partial charge in [0.05, 0.1) is 12.0 Å². The molecule has 1 amide bonds. The van der Waals surface area contributed by atoms with Gasteiger partial charge in [-0.2, -0.15) is 0 Å². The minimum Gasteiger partial charge on any atom is -0.481 e. The van der Waals surface area contributed by atoms with Crippen molar-refractivity contribution in [1.82, 2.24) is 5.32 Å². The fraction of sp³-hybridized carbons (Fsp3) is 0.778. The second kappa shape index (κ2) is 11.7. The molecule has 0 saturated heterocycles. The quantitative estimate of drug-likeness (QED) is 0.406. The summed E-state index contributed by atoms with van der Waals surface area (Å²) in [6.07, 6.45) is 6.45. The first-order valence-corrected chi connectivity index (χ1v) is 8.96. The van der Waals surface area contributed by atoms with Crippen molar-refractivity contribution < 1.29 is 29.0 Å². The largest absolute Gasteiger partial charge is 0.481 e. The Labute approximate surface area is 148 Å². The van der Waals surface area contributed by atoms with Crippen LogP contribution in [-0.2, 0) is 23.9 Å². The molecule has 142 valence electrons. The first kappa shape index (κ1) is 21.3. The lowest BCUT2D eigenvalue weighted by Gasteiger charge is -2.35. The Morgan fingerprint density at radius 2 is 1.76 bits per heavy atom. The molecule has 0 bridgehead atoms. The van der Waals surface area contributed by atoms with Gasteiger partial charge in [0.15, 0.2) is 0 Å². The van der Waals surface area contributed by atoms with E-state index in [1.54, 1.807) is 0 Å². The molecule has 4 atom stereocenters. The van der Waals surface area contributed by atoms with Crippen LogP contribution < -0.4 is 5.32 Å². The number of amides is 1. The normalized spacial score (nSPS) is 26.0. The molecule has 1 saturated carbocycles. The number of carboxylic acid groups (broad SMARTS) is 1. The number of hydrogen-bond donors (Lipinski definition) is 2. The Balaban J connectivity index is 2.27. The van der Waals surface area contributed by atoms with Crippen molar-refractivity contribution in [2.24, 2.45) is 17.8 Å². The minimum atomic E-state index is -0.764. The molecule has 0 spiro atoms. The van der Waals surface area contributed by atoms with Gasteiger partial charge in [0.25, 0.3) is 0 Å². The van der Waals surface area contributed by atoms with Crippen LogP contribution in [0.4, 0.5) is 0 Å². The number of carbonyl (C=O) groups is 4. The molecule has 4 unspecified atom stereocenters. The molecule has 0 aliphatic heterocycles. The molecule has 0 aromatic heterocycles. The van der Waals surface area contributed by atoms with E-state index in [1.165, 1.54) is 7.11 Å². The number of ether oxygens (including phenoxy) is 1. The van der Waals surface area contributed by atoms with E-state index in [9.17, 15) is 19.2 Å². The molecule has 0 aromatic carbocycles. The summed E-state index contributed by atoms with van der Waals surface area (Å²) >= 11 is 0. The molecule has 7 nitrogen and oxygen atoms in total. The molecule has 7 heteroatoms. The van der Waals surface area contributed by atoms with Crippen molar-refractivity contribution >= 4 is 24.4 Å². The van der Waals surface area contributed by atoms with Crippen molar-refractivity contribution in [3.63, 3.8) is 0 Å². The zero-order valence-electron chi connectivity index (χ0n) is 14.8. The Bertz CT molecular complexity index is 453. The predicted octanol–water partition coefficient (Wildman–Crippen LogP) is 1.58. The van der Waals surface area contributed by atoms with Crippen molar-refractivity contribution in [3.05, 3.63) is 0 Å². The van der Waals surface area contributed by atoms with Crippen molar-refractivity contribution in [1.29, 1.82) is 0 Å². The summed E-state index contributed by atoms with van der Waals surface area (Å²) < 4.78 is 5.29. The topological polar surface area (TPSA) is 110 Å². The number of nitrogens with one attached hydrogen (secondary N) is 1. The lowest BCUT2D eigenvalue weighted by atomic mass is 9.73. The summed E-state index contributed by atoms with van der Waals surface area (Å²) in [4.78, 5) is 45.0. The highest BCUT2D eigenvalue weighted by Gasteiger charge is 2.40. The maximum atomic E-state index is 12.3. The number of rotatable bonds is 12. The van der Waals surface area contributed by atoms with Gasteiger partial charge >= 0.3 is 5.97 Å². The lowest BCUT2D eigenvalue weighted by molar-refractivity contribution is -0.137. The molecule has 1 aliphatic rings. The molecule has 2 N–H and O–H groups in total. The Morgan fingerprint density at radius 1 is 1.08 bits per heavy atom. The molecule has 1 rings (SSSR count). The van der Waals surface area contributed by atoms with Crippen LogP contribution in [0.5, 0.6) is 0 Å². The van der Waals surface area contributed by atoms with Gasteiger partial charge in [0.1, 0.15) is 12.6 Å². The van der Waals surface area contributed by atoms with E-state index in [0.29, 0.717) is 25.8 Å². The summed E-state index contributed by atoms with van der Waals surface area (Å²) in [6.45, 7) is 0.564. The molecule has 1 fully saturated rings. The SMILES string of the molecule is COC1CC(C(=O)NCCCCCCCC(=O)O)CC(C=O)C1C=O. The summed E-state index contributed by atoms with van der Waals surface area (Å²) in [7, 11) is 1.49. The zero-order chi connectivity index (χ0) is 18.7. The van der Waals surface area contributed by atoms with Gasteiger partial charge in [0.2, 0.25) is 5.91 Å². The van der Waals surface area contributed by atoms with E-state index >= 15 is 0 Å². The highest BCUT2D eigenvalue weighted by atomic mass is 16.5. The van der Waals surface area contributed by atoms with Crippen LogP contribution in [0.2, 0.25) is 0 Å². The van der Waals surface area contributed by atoms with Gasteiger partial charge in [-0.15, -0.1) is 0 Å². The van der Waals surface area contributed by atoms with E-state index in [0.717, 1.165) is 38.3 Å². The van der Waals surface area contributed by atoms with E-state index in [4.69, 9.17) is 9.84 Å². The number of aldehydes is 2. The highest BCUT2D eigenvalue weighted by molar-refractivity contribution is 5.80. The second-order valence-electron chi connectivity index (χ2n) is 6.66. The van der Waals surface area contributed by atoms with Crippen LogP contribution in [0, 0.1) is 17.8 Å². The van der Waals surface area contributed by atoms with Crippen LogP contribution in [0.15, 0.2) is 0 Å². The number of hydrogen-bond acceptors (Lipinski definition) is 5. The van der Waals surface area contributed by atoms with E-state index in [-0.39, 0.29) is 18.2 Å².